The number of benzene rings is 2. The maximum Gasteiger partial charge on any atom is 0.341 e. The van der Waals surface area contributed by atoms with E-state index in [-0.39, 0.29) is 0 Å². The number of carbonyl (C=O) groups is 1. The highest BCUT2D eigenvalue weighted by Crippen LogP contribution is 2.24. The predicted molar refractivity (Wildman–Crippen MR) is 135 cm³/mol. The first-order valence-corrected chi connectivity index (χ1v) is 11.6. The SMILES string of the molecule is CO/C=C(/C(=O)OC)c1ccccc1COc1ccccc1C.IC(I)I. The van der Waals surface area contributed by atoms with Gasteiger partial charge in [-0.1, -0.05) is 110 Å². The predicted octanol–water partition coefficient (Wildman–Crippen LogP) is 6.31. The molecule has 0 fully saturated rings. The smallest absolute Gasteiger partial charge is 0.341 e. The van der Waals surface area contributed by atoms with Crippen LogP contribution in [-0.4, -0.2) is 20.1 Å². The Bertz CT molecular complexity index is 758. The number of esters is 1. The van der Waals surface area contributed by atoms with E-state index in [1.54, 1.807) is 0 Å². The Kier molecular flexibility index (Phi) is 12.3. The van der Waals surface area contributed by atoms with E-state index in [0.29, 0.717) is 12.2 Å². The second kappa shape index (κ2) is 13.6. The van der Waals surface area contributed by atoms with Crippen LogP contribution in [0, 0.1) is 6.92 Å². The van der Waals surface area contributed by atoms with Crippen LogP contribution in [0.5, 0.6) is 5.75 Å². The van der Waals surface area contributed by atoms with E-state index in [9.17, 15) is 4.79 Å². The fourth-order valence-corrected chi connectivity index (χ4v) is 2.23. The number of aryl methyl sites for hydroxylation is 1. The van der Waals surface area contributed by atoms with E-state index in [0.717, 1.165) is 22.4 Å². The quantitative estimate of drug-likeness (QED) is 0.116. The van der Waals surface area contributed by atoms with E-state index < -0.39 is 5.97 Å². The zero-order chi connectivity index (χ0) is 20.2. The zero-order valence-corrected chi connectivity index (χ0v) is 21.7. The van der Waals surface area contributed by atoms with Gasteiger partial charge in [-0.15, -0.1) is 0 Å². The summed E-state index contributed by atoms with van der Waals surface area (Å²) in [7, 11) is 2.84. The van der Waals surface area contributed by atoms with Crippen molar-refractivity contribution in [1.82, 2.24) is 0 Å². The number of carbonyl (C=O) groups excluding carboxylic acids is 1. The number of methoxy groups -OCH3 is 2. The molecule has 0 radical (unpaired) electrons. The van der Waals surface area contributed by atoms with Crippen molar-refractivity contribution in [3.63, 3.8) is 0 Å². The van der Waals surface area contributed by atoms with Crippen LogP contribution in [0.25, 0.3) is 5.57 Å². The van der Waals surface area contributed by atoms with Crippen LogP contribution in [0.2, 0.25) is 0 Å². The molecule has 2 aromatic carbocycles. The first kappa shape index (κ1) is 24.5. The highest BCUT2D eigenvalue weighted by atomic mass is 127. The maximum atomic E-state index is 12.0. The van der Waals surface area contributed by atoms with Gasteiger partial charge in [0.25, 0.3) is 0 Å². The van der Waals surface area contributed by atoms with Crippen LogP contribution < -0.4 is 4.74 Å². The summed E-state index contributed by atoms with van der Waals surface area (Å²) in [6.07, 6.45) is 1.39. The molecule has 0 bridgehead atoms. The number of halogens is 3. The molecular weight excluding hydrogens is 685 g/mol. The van der Waals surface area contributed by atoms with Gasteiger partial charge in [-0.05, 0) is 29.7 Å². The lowest BCUT2D eigenvalue weighted by Gasteiger charge is -2.13. The van der Waals surface area contributed by atoms with Crippen LogP contribution in [0.4, 0.5) is 0 Å². The molecule has 146 valence electrons. The molecule has 2 rings (SSSR count). The van der Waals surface area contributed by atoms with Crippen LogP contribution in [0.3, 0.4) is 0 Å². The third-order valence-electron chi connectivity index (χ3n) is 3.43. The fourth-order valence-electron chi connectivity index (χ4n) is 2.23. The monoisotopic (exact) mass is 706 g/mol. The van der Waals surface area contributed by atoms with Gasteiger partial charge >= 0.3 is 5.97 Å². The van der Waals surface area contributed by atoms with Crippen molar-refractivity contribution < 1.29 is 19.0 Å². The number of ether oxygens (including phenoxy) is 3. The molecule has 0 aliphatic rings. The Morgan fingerprint density at radius 3 is 2.22 bits per heavy atom. The summed E-state index contributed by atoms with van der Waals surface area (Å²) in [6, 6.07) is 15.3. The molecule has 0 unspecified atom stereocenters. The van der Waals surface area contributed by atoms with Gasteiger partial charge in [0, 0.05) is 0 Å². The van der Waals surface area contributed by atoms with Gasteiger partial charge in [-0.3, -0.25) is 0 Å². The largest absolute Gasteiger partial charge is 0.503 e. The molecule has 4 nitrogen and oxygen atoms in total. The summed E-state index contributed by atoms with van der Waals surface area (Å²) < 4.78 is 16.5. The van der Waals surface area contributed by atoms with Crippen molar-refractivity contribution in [2.45, 2.75) is 13.5 Å². The van der Waals surface area contributed by atoms with Crippen LogP contribution in [0.1, 0.15) is 16.7 Å². The molecule has 0 amide bonds. The topological polar surface area (TPSA) is 44.8 Å². The van der Waals surface area contributed by atoms with Crippen molar-refractivity contribution in [2.24, 2.45) is 0 Å². The minimum Gasteiger partial charge on any atom is -0.503 e. The Balaban J connectivity index is 0.000000828. The molecule has 7 heteroatoms. The summed E-state index contributed by atoms with van der Waals surface area (Å²) in [4.78, 5) is 12.0. The Hall–Kier alpha value is -0.560. The molecule has 0 atom stereocenters. The van der Waals surface area contributed by atoms with Gasteiger partial charge in [0.15, 0.2) is 0 Å². The van der Waals surface area contributed by atoms with E-state index >= 15 is 0 Å². The van der Waals surface area contributed by atoms with Gasteiger partial charge in [-0.25, -0.2) is 4.79 Å². The summed E-state index contributed by atoms with van der Waals surface area (Å²) >= 11 is 6.95. The molecule has 0 saturated heterocycles. The molecule has 0 saturated carbocycles. The number of rotatable bonds is 6. The third kappa shape index (κ3) is 8.99. The average Bonchev–Trinajstić information content (AvgIpc) is 2.65. The second-order valence-corrected chi connectivity index (χ2v) is 16.1. The number of alkyl halides is 3. The van der Waals surface area contributed by atoms with E-state index in [1.165, 1.54) is 20.5 Å². The summed E-state index contributed by atoms with van der Waals surface area (Å²) in [5, 5.41) is 0. The van der Waals surface area contributed by atoms with Crippen molar-refractivity contribution in [1.29, 1.82) is 0 Å². The summed E-state index contributed by atoms with van der Waals surface area (Å²) in [6.45, 7) is 2.34. The lowest BCUT2D eigenvalue weighted by atomic mass is 10.0. The zero-order valence-electron chi connectivity index (χ0n) is 15.2. The molecule has 0 heterocycles. The maximum absolute atomic E-state index is 12.0. The van der Waals surface area contributed by atoms with Crippen LogP contribution in [0.15, 0.2) is 54.8 Å². The molecule has 27 heavy (non-hydrogen) atoms. The van der Waals surface area contributed by atoms with Crippen molar-refractivity contribution in [2.75, 3.05) is 14.2 Å². The standard InChI is InChI=1S/C19H20O4.CHI3/c1-14-8-4-7-11-18(14)23-12-15-9-5-6-10-16(15)17(13-21-2)19(20)22-3;2-1(3)4/h4-11,13H,12H2,1-3H3;1H/b17-13+;. The normalized spacial score (nSPS) is 10.7. The lowest BCUT2D eigenvalue weighted by Crippen LogP contribution is -2.08. The molecule has 0 spiro atoms. The van der Waals surface area contributed by atoms with Crippen molar-refractivity contribution in [3.8, 4) is 5.75 Å². The van der Waals surface area contributed by atoms with Crippen LogP contribution >= 0.6 is 67.8 Å². The molecule has 2 aromatic rings. The Morgan fingerprint density at radius 2 is 1.63 bits per heavy atom. The third-order valence-corrected chi connectivity index (χ3v) is 3.43. The molecule has 0 aliphatic heterocycles. The van der Waals surface area contributed by atoms with E-state index in [1.807, 2.05) is 55.5 Å². The molecule has 0 aromatic heterocycles. The number of hydrogen-bond donors (Lipinski definition) is 0. The van der Waals surface area contributed by atoms with E-state index in [4.69, 9.17) is 14.2 Å². The van der Waals surface area contributed by atoms with E-state index in [2.05, 4.69) is 67.8 Å². The lowest BCUT2D eigenvalue weighted by molar-refractivity contribution is -0.133. The molecule has 0 aliphatic carbocycles. The van der Waals surface area contributed by atoms with Crippen LogP contribution in [-0.2, 0) is 20.9 Å². The Morgan fingerprint density at radius 1 is 1.04 bits per heavy atom. The van der Waals surface area contributed by atoms with Gasteiger partial charge in [0.2, 0.25) is 0 Å². The molecular formula is C20H21I3O4. The second-order valence-electron chi connectivity index (χ2n) is 5.22. The Labute approximate surface area is 201 Å². The number of hydrogen-bond acceptors (Lipinski definition) is 4. The first-order valence-electron chi connectivity index (χ1n) is 7.90. The highest BCUT2D eigenvalue weighted by molar-refractivity contribution is 14.3. The fraction of sp³-hybridized carbons (Fsp3) is 0.250. The van der Waals surface area contributed by atoms with Gasteiger partial charge in [-0.2, -0.15) is 0 Å². The minimum absolute atomic E-state index is 0.346. The summed E-state index contributed by atoms with van der Waals surface area (Å²) in [5.74, 6) is 0.368. The van der Waals surface area contributed by atoms with Crippen molar-refractivity contribution in [3.05, 3.63) is 71.5 Å². The highest BCUT2D eigenvalue weighted by Gasteiger charge is 2.16. The van der Waals surface area contributed by atoms with Gasteiger partial charge in [0.05, 0.1) is 20.5 Å². The first-order chi connectivity index (χ1) is 12.9. The molecule has 0 N–H and O–H groups in total. The van der Waals surface area contributed by atoms with Gasteiger partial charge < -0.3 is 14.2 Å². The minimum atomic E-state index is -0.449. The summed E-state index contributed by atoms with van der Waals surface area (Å²) in [5.41, 5.74) is 3.03. The van der Waals surface area contributed by atoms with Gasteiger partial charge in [0.1, 0.15) is 17.9 Å². The average molecular weight is 706 g/mol. The number of para-hydroxylation sites is 1. The van der Waals surface area contributed by atoms with Crippen molar-refractivity contribution >= 4 is 79.3 Å².